The molecule has 3 rings (SSSR count). The number of carbonyl (C=O) groups excluding carboxylic acids is 1. The molecule has 0 saturated heterocycles. The highest BCUT2D eigenvalue weighted by Gasteiger charge is 2.12. The molecule has 1 aromatic heterocycles. The fraction of sp³-hybridized carbons (Fsp3) is 0.238. The van der Waals surface area contributed by atoms with Crippen molar-refractivity contribution in [3.8, 4) is 0 Å². The summed E-state index contributed by atoms with van der Waals surface area (Å²) in [6, 6.07) is 10.9. The number of amides is 1. The SMILES string of the molecule is C=CCn1c(=NC(=O)Cc2ccc(C)c(C)c2)sc2cc(S(C)(=O)=O)ccc21. The molecule has 0 aliphatic rings. The van der Waals surface area contributed by atoms with Crippen molar-refractivity contribution in [1.82, 2.24) is 4.57 Å². The fourth-order valence-electron chi connectivity index (χ4n) is 2.91. The van der Waals surface area contributed by atoms with E-state index in [9.17, 15) is 13.2 Å². The summed E-state index contributed by atoms with van der Waals surface area (Å²) in [6.45, 7) is 8.30. The molecule has 2 aromatic carbocycles. The smallest absolute Gasteiger partial charge is 0.252 e. The molecule has 28 heavy (non-hydrogen) atoms. The third-order valence-electron chi connectivity index (χ3n) is 4.54. The van der Waals surface area contributed by atoms with Crippen molar-refractivity contribution in [2.24, 2.45) is 4.99 Å². The van der Waals surface area contributed by atoms with E-state index in [2.05, 4.69) is 11.6 Å². The Morgan fingerprint density at radius 2 is 1.93 bits per heavy atom. The van der Waals surface area contributed by atoms with Crippen LogP contribution in [0.4, 0.5) is 0 Å². The van der Waals surface area contributed by atoms with Gasteiger partial charge >= 0.3 is 0 Å². The minimum absolute atomic E-state index is 0.220. The van der Waals surface area contributed by atoms with Crippen LogP contribution in [0.1, 0.15) is 16.7 Å². The second-order valence-electron chi connectivity index (χ2n) is 6.79. The number of allylic oxidation sites excluding steroid dienone is 1. The lowest BCUT2D eigenvalue weighted by molar-refractivity contribution is -0.117. The van der Waals surface area contributed by atoms with Crippen LogP contribution in [0.5, 0.6) is 0 Å². The van der Waals surface area contributed by atoms with Crippen molar-refractivity contribution in [1.29, 1.82) is 0 Å². The highest BCUT2D eigenvalue weighted by Crippen LogP contribution is 2.22. The topological polar surface area (TPSA) is 68.5 Å². The van der Waals surface area contributed by atoms with Crippen LogP contribution in [-0.4, -0.2) is 25.1 Å². The van der Waals surface area contributed by atoms with E-state index in [1.54, 1.807) is 24.3 Å². The molecule has 0 unspecified atom stereocenters. The Morgan fingerprint density at radius 1 is 1.18 bits per heavy atom. The number of thiazole rings is 1. The van der Waals surface area contributed by atoms with Gasteiger partial charge in [-0.25, -0.2) is 8.42 Å². The van der Waals surface area contributed by atoms with Gasteiger partial charge < -0.3 is 4.57 Å². The minimum atomic E-state index is -3.30. The van der Waals surface area contributed by atoms with Crippen molar-refractivity contribution in [2.75, 3.05) is 6.26 Å². The quantitative estimate of drug-likeness (QED) is 0.599. The lowest BCUT2D eigenvalue weighted by Crippen LogP contribution is -2.17. The summed E-state index contributed by atoms with van der Waals surface area (Å²) in [5, 5.41) is 0. The van der Waals surface area contributed by atoms with Crippen LogP contribution in [0.3, 0.4) is 0 Å². The number of carbonyl (C=O) groups is 1. The third kappa shape index (κ3) is 4.31. The van der Waals surface area contributed by atoms with Gasteiger partial charge in [0.05, 0.1) is 21.5 Å². The summed E-state index contributed by atoms with van der Waals surface area (Å²) in [5.41, 5.74) is 4.08. The first-order valence-corrected chi connectivity index (χ1v) is 11.5. The first kappa shape index (κ1) is 20.2. The molecule has 7 heteroatoms. The van der Waals surface area contributed by atoms with Crippen LogP contribution < -0.4 is 4.80 Å². The first-order valence-electron chi connectivity index (χ1n) is 8.77. The number of fused-ring (bicyclic) bond motifs is 1. The maximum Gasteiger partial charge on any atom is 0.252 e. The molecule has 0 aliphatic heterocycles. The van der Waals surface area contributed by atoms with Gasteiger partial charge in [0, 0.05) is 12.8 Å². The molecule has 5 nitrogen and oxygen atoms in total. The maximum atomic E-state index is 12.5. The van der Waals surface area contributed by atoms with Crippen LogP contribution >= 0.6 is 11.3 Å². The predicted molar refractivity (Wildman–Crippen MR) is 113 cm³/mol. The largest absolute Gasteiger partial charge is 0.313 e. The zero-order valence-corrected chi connectivity index (χ0v) is 17.7. The number of sulfone groups is 1. The molecule has 1 amide bonds. The molecular formula is C21H22N2O3S2. The third-order valence-corrected chi connectivity index (χ3v) is 6.69. The summed E-state index contributed by atoms with van der Waals surface area (Å²) in [7, 11) is -3.30. The summed E-state index contributed by atoms with van der Waals surface area (Å²) in [5.74, 6) is -0.240. The van der Waals surface area contributed by atoms with Gasteiger partial charge in [-0.3, -0.25) is 4.79 Å². The van der Waals surface area contributed by atoms with E-state index in [1.807, 2.05) is 36.6 Å². The summed E-state index contributed by atoms with van der Waals surface area (Å²) >= 11 is 1.30. The van der Waals surface area contributed by atoms with Crippen molar-refractivity contribution in [3.05, 3.63) is 70.5 Å². The lowest BCUT2D eigenvalue weighted by Gasteiger charge is -2.03. The van der Waals surface area contributed by atoms with Gasteiger partial charge in [0.25, 0.3) is 5.91 Å². The van der Waals surface area contributed by atoms with Crippen LogP contribution in [-0.2, 0) is 27.6 Å². The number of aryl methyl sites for hydroxylation is 2. The molecule has 0 N–H and O–H groups in total. The highest BCUT2D eigenvalue weighted by molar-refractivity contribution is 7.90. The Kier molecular flexibility index (Phi) is 5.67. The Bertz CT molecular complexity index is 1250. The van der Waals surface area contributed by atoms with Gasteiger partial charge in [0.15, 0.2) is 14.6 Å². The van der Waals surface area contributed by atoms with Gasteiger partial charge in [-0.2, -0.15) is 4.99 Å². The Labute approximate surface area is 168 Å². The summed E-state index contributed by atoms with van der Waals surface area (Å²) in [6.07, 6.45) is 3.12. The number of hydrogen-bond acceptors (Lipinski definition) is 4. The number of benzene rings is 2. The van der Waals surface area contributed by atoms with Crippen molar-refractivity contribution in [3.63, 3.8) is 0 Å². The molecule has 0 bridgehead atoms. The number of rotatable bonds is 5. The van der Waals surface area contributed by atoms with E-state index in [0.717, 1.165) is 21.3 Å². The Balaban J connectivity index is 2.04. The van der Waals surface area contributed by atoms with Gasteiger partial charge in [-0.05, 0) is 48.7 Å². The Hall–Kier alpha value is -2.51. The van der Waals surface area contributed by atoms with Crippen LogP contribution in [0.25, 0.3) is 10.2 Å². The van der Waals surface area contributed by atoms with E-state index in [-0.39, 0.29) is 17.2 Å². The van der Waals surface area contributed by atoms with Gasteiger partial charge in [0.2, 0.25) is 0 Å². The van der Waals surface area contributed by atoms with Crippen molar-refractivity contribution >= 4 is 37.3 Å². The molecule has 0 fully saturated rings. The maximum absolute atomic E-state index is 12.5. The predicted octanol–water partition coefficient (Wildman–Crippen LogP) is 3.58. The van der Waals surface area contributed by atoms with Crippen molar-refractivity contribution < 1.29 is 13.2 Å². The summed E-state index contributed by atoms with van der Waals surface area (Å²) in [4.78, 5) is 17.6. The van der Waals surface area contributed by atoms with Crippen LogP contribution in [0, 0.1) is 13.8 Å². The van der Waals surface area contributed by atoms with Gasteiger partial charge in [-0.1, -0.05) is 35.6 Å². The van der Waals surface area contributed by atoms with E-state index in [0.29, 0.717) is 11.3 Å². The molecule has 3 aromatic rings. The molecule has 0 radical (unpaired) electrons. The van der Waals surface area contributed by atoms with Gasteiger partial charge in [0.1, 0.15) is 0 Å². The molecule has 0 aliphatic carbocycles. The lowest BCUT2D eigenvalue weighted by atomic mass is 10.0. The normalized spacial score (nSPS) is 12.5. The van der Waals surface area contributed by atoms with E-state index >= 15 is 0 Å². The standard InChI is InChI=1S/C21H22N2O3S2/c1-5-10-23-18-9-8-17(28(4,25)26)13-19(18)27-21(23)22-20(24)12-16-7-6-14(2)15(3)11-16/h5-9,11,13H,1,10,12H2,2-4H3. The molecule has 146 valence electrons. The number of nitrogens with zero attached hydrogens (tertiary/aromatic N) is 2. The van der Waals surface area contributed by atoms with Crippen molar-refractivity contribution in [2.45, 2.75) is 31.7 Å². The van der Waals surface area contributed by atoms with Crippen LogP contribution in [0.2, 0.25) is 0 Å². The molecular weight excluding hydrogens is 392 g/mol. The zero-order valence-electron chi connectivity index (χ0n) is 16.1. The van der Waals surface area contributed by atoms with Gasteiger partial charge in [-0.15, -0.1) is 6.58 Å². The second-order valence-corrected chi connectivity index (χ2v) is 9.81. The average molecular weight is 415 g/mol. The average Bonchev–Trinajstić information content (AvgIpc) is 2.94. The van der Waals surface area contributed by atoms with E-state index in [1.165, 1.54) is 23.2 Å². The minimum Gasteiger partial charge on any atom is -0.313 e. The Morgan fingerprint density at radius 3 is 2.57 bits per heavy atom. The van der Waals surface area contributed by atoms with Crippen LogP contribution in [0.15, 0.2) is 58.9 Å². The second kappa shape index (κ2) is 7.85. The zero-order chi connectivity index (χ0) is 20.5. The molecule has 1 heterocycles. The highest BCUT2D eigenvalue weighted by atomic mass is 32.2. The van der Waals surface area contributed by atoms with E-state index in [4.69, 9.17) is 0 Å². The molecule has 0 saturated carbocycles. The number of aromatic nitrogens is 1. The van der Waals surface area contributed by atoms with E-state index < -0.39 is 9.84 Å². The fourth-order valence-corrected chi connectivity index (χ4v) is 4.73. The number of hydrogen-bond donors (Lipinski definition) is 0. The first-order chi connectivity index (χ1) is 13.2. The molecule has 0 atom stereocenters. The summed E-state index contributed by atoms with van der Waals surface area (Å²) < 4.78 is 26.3. The monoisotopic (exact) mass is 414 g/mol. The molecule has 0 spiro atoms.